The normalized spacial score (nSPS) is 12.0. The van der Waals surface area contributed by atoms with Crippen molar-refractivity contribution in [2.24, 2.45) is 0 Å². The molecular formula is C22H19N3O2S. The van der Waals surface area contributed by atoms with Crippen molar-refractivity contribution < 1.29 is 4.79 Å². The molecule has 0 spiro atoms. The lowest BCUT2D eigenvalue weighted by molar-refractivity contribution is 0.0935. The van der Waals surface area contributed by atoms with Crippen molar-refractivity contribution in [1.82, 2.24) is 15.1 Å². The monoisotopic (exact) mass is 389 g/mol. The van der Waals surface area contributed by atoms with E-state index in [1.165, 1.54) is 4.68 Å². The molecule has 0 aliphatic carbocycles. The maximum absolute atomic E-state index is 13.0. The zero-order chi connectivity index (χ0) is 19.5. The third kappa shape index (κ3) is 3.59. The Morgan fingerprint density at radius 1 is 1.04 bits per heavy atom. The quantitative estimate of drug-likeness (QED) is 0.561. The Bertz CT molecular complexity index is 1170. The van der Waals surface area contributed by atoms with Crippen LogP contribution in [0.3, 0.4) is 0 Å². The molecule has 1 atom stereocenters. The maximum Gasteiger partial charge on any atom is 0.274 e. The van der Waals surface area contributed by atoms with Crippen LogP contribution in [0.5, 0.6) is 0 Å². The van der Waals surface area contributed by atoms with Gasteiger partial charge in [0.25, 0.3) is 11.5 Å². The van der Waals surface area contributed by atoms with Gasteiger partial charge in [0.2, 0.25) is 0 Å². The number of hydrogen-bond donors (Lipinski definition) is 1. The van der Waals surface area contributed by atoms with Crippen LogP contribution in [0, 0.1) is 0 Å². The number of nitrogens with zero attached hydrogens (tertiary/aromatic N) is 2. The molecule has 4 rings (SSSR count). The summed E-state index contributed by atoms with van der Waals surface area (Å²) in [6, 6.07) is 20.5. The van der Waals surface area contributed by atoms with Gasteiger partial charge < -0.3 is 5.32 Å². The zero-order valence-electron chi connectivity index (χ0n) is 15.3. The molecule has 4 aromatic rings. The summed E-state index contributed by atoms with van der Waals surface area (Å²) in [5.41, 5.74) is 1.00. The third-order valence-electron chi connectivity index (χ3n) is 4.58. The summed E-state index contributed by atoms with van der Waals surface area (Å²) in [5.74, 6) is -0.293. The van der Waals surface area contributed by atoms with Gasteiger partial charge in [-0.3, -0.25) is 9.59 Å². The standard InChI is InChI=1S/C22H19N3O2S/c1-15(19-12-7-13-28-19)23-21(26)20-17-10-5-6-11-18(17)22(27)25(24-20)14-16-8-3-2-4-9-16/h2-13,15H,14H2,1H3,(H,23,26). The fourth-order valence-electron chi connectivity index (χ4n) is 3.14. The number of hydrogen-bond acceptors (Lipinski definition) is 4. The number of benzene rings is 2. The maximum atomic E-state index is 13.0. The molecule has 1 N–H and O–H groups in total. The van der Waals surface area contributed by atoms with E-state index in [2.05, 4.69) is 10.4 Å². The number of carbonyl (C=O) groups is 1. The van der Waals surface area contributed by atoms with Crippen LogP contribution in [-0.2, 0) is 6.54 Å². The molecule has 6 heteroatoms. The van der Waals surface area contributed by atoms with Crippen molar-refractivity contribution in [2.75, 3.05) is 0 Å². The molecule has 5 nitrogen and oxygen atoms in total. The largest absolute Gasteiger partial charge is 0.343 e. The lowest BCUT2D eigenvalue weighted by atomic mass is 10.1. The van der Waals surface area contributed by atoms with E-state index in [1.807, 2.05) is 60.8 Å². The molecular weight excluding hydrogens is 370 g/mol. The number of rotatable bonds is 5. The molecule has 0 bridgehead atoms. The minimum Gasteiger partial charge on any atom is -0.343 e. The van der Waals surface area contributed by atoms with Crippen LogP contribution in [0.25, 0.3) is 10.8 Å². The number of carbonyl (C=O) groups excluding carboxylic acids is 1. The zero-order valence-corrected chi connectivity index (χ0v) is 16.1. The van der Waals surface area contributed by atoms with Gasteiger partial charge in [0, 0.05) is 10.3 Å². The molecule has 0 fully saturated rings. The Labute approximate surface area is 166 Å². The predicted molar refractivity (Wildman–Crippen MR) is 112 cm³/mol. The average Bonchev–Trinajstić information content (AvgIpc) is 3.26. The Balaban J connectivity index is 1.75. The average molecular weight is 389 g/mol. The number of aromatic nitrogens is 2. The van der Waals surface area contributed by atoms with Crippen LogP contribution >= 0.6 is 11.3 Å². The SMILES string of the molecule is CC(NC(=O)c1nn(Cc2ccccc2)c(=O)c2ccccc12)c1cccs1. The van der Waals surface area contributed by atoms with Gasteiger partial charge in [-0.25, -0.2) is 4.68 Å². The van der Waals surface area contributed by atoms with Crippen LogP contribution in [-0.4, -0.2) is 15.7 Å². The highest BCUT2D eigenvalue weighted by atomic mass is 32.1. The first-order chi connectivity index (χ1) is 13.6. The Morgan fingerprint density at radius 3 is 2.46 bits per heavy atom. The van der Waals surface area contributed by atoms with E-state index in [9.17, 15) is 9.59 Å². The van der Waals surface area contributed by atoms with Crippen molar-refractivity contribution in [3.05, 3.63) is 98.6 Å². The second kappa shape index (κ2) is 7.78. The highest BCUT2D eigenvalue weighted by molar-refractivity contribution is 7.10. The topological polar surface area (TPSA) is 64.0 Å². The van der Waals surface area contributed by atoms with Gasteiger partial charge in [-0.2, -0.15) is 5.10 Å². The molecule has 0 aliphatic heterocycles. The van der Waals surface area contributed by atoms with E-state index in [-0.39, 0.29) is 23.2 Å². The van der Waals surface area contributed by atoms with Gasteiger partial charge in [0.05, 0.1) is 18.0 Å². The van der Waals surface area contributed by atoms with E-state index in [4.69, 9.17) is 0 Å². The summed E-state index contributed by atoms with van der Waals surface area (Å²) in [7, 11) is 0. The molecule has 1 amide bonds. The van der Waals surface area contributed by atoms with Crippen LogP contribution in [0.15, 0.2) is 76.9 Å². The first-order valence-electron chi connectivity index (χ1n) is 9.01. The third-order valence-corrected chi connectivity index (χ3v) is 5.63. The molecule has 28 heavy (non-hydrogen) atoms. The van der Waals surface area contributed by atoms with Crippen molar-refractivity contribution in [1.29, 1.82) is 0 Å². The van der Waals surface area contributed by atoms with Crippen molar-refractivity contribution in [2.45, 2.75) is 19.5 Å². The van der Waals surface area contributed by atoms with E-state index >= 15 is 0 Å². The van der Waals surface area contributed by atoms with E-state index in [0.29, 0.717) is 17.3 Å². The van der Waals surface area contributed by atoms with Crippen molar-refractivity contribution in [3.8, 4) is 0 Å². The van der Waals surface area contributed by atoms with Crippen LogP contribution < -0.4 is 10.9 Å². The summed E-state index contributed by atoms with van der Waals surface area (Å²) in [4.78, 5) is 26.9. The summed E-state index contributed by atoms with van der Waals surface area (Å²) in [6.07, 6.45) is 0. The highest BCUT2D eigenvalue weighted by Gasteiger charge is 2.19. The fourth-order valence-corrected chi connectivity index (χ4v) is 3.87. The minimum absolute atomic E-state index is 0.137. The van der Waals surface area contributed by atoms with Gasteiger partial charge in [0.1, 0.15) is 0 Å². The number of thiophene rings is 1. The first-order valence-corrected chi connectivity index (χ1v) is 9.89. The molecule has 2 aromatic carbocycles. The second-order valence-electron chi connectivity index (χ2n) is 6.55. The summed E-state index contributed by atoms with van der Waals surface area (Å²) >= 11 is 1.59. The van der Waals surface area contributed by atoms with E-state index < -0.39 is 0 Å². The summed E-state index contributed by atoms with van der Waals surface area (Å²) in [6.45, 7) is 2.25. The van der Waals surface area contributed by atoms with Crippen molar-refractivity contribution >= 4 is 28.0 Å². The molecule has 0 saturated carbocycles. The van der Waals surface area contributed by atoms with Gasteiger partial charge >= 0.3 is 0 Å². The minimum atomic E-state index is -0.293. The van der Waals surface area contributed by atoms with Gasteiger partial charge in [-0.05, 0) is 30.0 Å². The molecule has 0 aliphatic rings. The Kier molecular flexibility index (Phi) is 5.04. The Morgan fingerprint density at radius 2 is 1.75 bits per heavy atom. The van der Waals surface area contributed by atoms with Crippen LogP contribution in [0.1, 0.15) is 33.9 Å². The summed E-state index contributed by atoms with van der Waals surface area (Å²) < 4.78 is 1.36. The smallest absolute Gasteiger partial charge is 0.274 e. The molecule has 0 saturated heterocycles. The van der Waals surface area contributed by atoms with Gasteiger partial charge in [-0.1, -0.05) is 54.6 Å². The molecule has 140 valence electrons. The fraction of sp³-hybridized carbons (Fsp3) is 0.136. The molecule has 2 aromatic heterocycles. The van der Waals surface area contributed by atoms with E-state index in [1.54, 1.807) is 29.5 Å². The van der Waals surface area contributed by atoms with E-state index in [0.717, 1.165) is 10.4 Å². The second-order valence-corrected chi connectivity index (χ2v) is 7.53. The van der Waals surface area contributed by atoms with Gasteiger partial charge in [-0.15, -0.1) is 11.3 Å². The summed E-state index contributed by atoms with van der Waals surface area (Å²) in [5, 5.41) is 10.4. The molecule has 1 unspecified atom stereocenters. The van der Waals surface area contributed by atoms with Crippen LogP contribution in [0.2, 0.25) is 0 Å². The number of fused-ring (bicyclic) bond motifs is 1. The molecule has 2 heterocycles. The first kappa shape index (κ1) is 18.1. The van der Waals surface area contributed by atoms with Gasteiger partial charge in [0.15, 0.2) is 5.69 Å². The van der Waals surface area contributed by atoms with Crippen molar-refractivity contribution in [3.63, 3.8) is 0 Å². The Hall–Kier alpha value is -3.25. The predicted octanol–water partition coefficient (Wildman–Crippen LogP) is 4.00. The lowest BCUT2D eigenvalue weighted by Crippen LogP contribution is -2.32. The number of amides is 1. The highest BCUT2D eigenvalue weighted by Crippen LogP contribution is 2.20. The van der Waals surface area contributed by atoms with Crippen LogP contribution in [0.4, 0.5) is 0 Å². The number of nitrogens with one attached hydrogen (secondary N) is 1. The lowest BCUT2D eigenvalue weighted by Gasteiger charge is -2.14. The molecule has 0 radical (unpaired) electrons.